The van der Waals surface area contributed by atoms with Crippen molar-refractivity contribution in [2.45, 2.75) is 52.4 Å². The van der Waals surface area contributed by atoms with E-state index >= 15 is 0 Å². The Balaban J connectivity index is 2.59. The fraction of sp³-hybridized carbons (Fsp3) is 0.647. The molecule has 0 spiro atoms. The summed E-state index contributed by atoms with van der Waals surface area (Å²) in [6.45, 7) is 12.6. The molecule has 1 aromatic rings. The van der Waals surface area contributed by atoms with Gasteiger partial charge in [0.15, 0.2) is 0 Å². The highest BCUT2D eigenvalue weighted by molar-refractivity contribution is 9.10. The van der Waals surface area contributed by atoms with Crippen LogP contribution >= 0.6 is 15.9 Å². The molecule has 0 aromatic heterocycles. The van der Waals surface area contributed by atoms with Gasteiger partial charge in [0.05, 0.1) is 25.4 Å². The average molecular weight is 358 g/mol. The lowest BCUT2D eigenvalue weighted by Gasteiger charge is -2.26. The zero-order chi connectivity index (χ0) is 15.9. The van der Waals surface area contributed by atoms with E-state index in [0.29, 0.717) is 13.2 Å². The molecule has 1 aromatic carbocycles. The Morgan fingerprint density at radius 2 is 1.62 bits per heavy atom. The fourth-order valence-electron chi connectivity index (χ4n) is 1.82. The second-order valence-corrected chi connectivity index (χ2v) is 7.38. The van der Waals surface area contributed by atoms with Gasteiger partial charge in [-0.15, -0.1) is 0 Å². The highest BCUT2D eigenvalue weighted by Gasteiger charge is 2.16. The van der Waals surface area contributed by atoms with E-state index in [1.54, 1.807) is 0 Å². The molecule has 21 heavy (non-hydrogen) atoms. The molecular formula is C17H28BrNO2. The highest BCUT2D eigenvalue weighted by atomic mass is 79.9. The standard InChI is InChI=1S/C17H28BrNO2/c1-13(2)20-10-11-21-16(12-19-17(3,4)5)14-6-8-15(18)9-7-14/h6-9,13,16,19H,10-12H2,1-5H3. The van der Waals surface area contributed by atoms with Gasteiger partial charge in [-0.1, -0.05) is 28.1 Å². The summed E-state index contributed by atoms with van der Waals surface area (Å²) in [6, 6.07) is 8.30. The molecule has 0 heterocycles. The molecule has 0 amide bonds. The van der Waals surface area contributed by atoms with Crippen molar-refractivity contribution >= 4 is 15.9 Å². The molecule has 120 valence electrons. The van der Waals surface area contributed by atoms with Gasteiger partial charge in [0.25, 0.3) is 0 Å². The molecule has 1 rings (SSSR count). The van der Waals surface area contributed by atoms with Crippen LogP contribution in [-0.2, 0) is 9.47 Å². The zero-order valence-electron chi connectivity index (χ0n) is 13.8. The van der Waals surface area contributed by atoms with Crippen molar-refractivity contribution < 1.29 is 9.47 Å². The van der Waals surface area contributed by atoms with E-state index in [1.807, 2.05) is 26.0 Å². The van der Waals surface area contributed by atoms with E-state index < -0.39 is 0 Å². The van der Waals surface area contributed by atoms with E-state index in [-0.39, 0.29) is 17.7 Å². The van der Waals surface area contributed by atoms with Crippen molar-refractivity contribution in [1.29, 1.82) is 0 Å². The van der Waals surface area contributed by atoms with Gasteiger partial charge in [-0.25, -0.2) is 0 Å². The van der Waals surface area contributed by atoms with Crippen LogP contribution in [0.5, 0.6) is 0 Å². The molecule has 0 fully saturated rings. The number of rotatable bonds is 8. The topological polar surface area (TPSA) is 30.5 Å². The van der Waals surface area contributed by atoms with Gasteiger partial charge in [0, 0.05) is 16.6 Å². The van der Waals surface area contributed by atoms with Gasteiger partial charge >= 0.3 is 0 Å². The third kappa shape index (κ3) is 8.57. The van der Waals surface area contributed by atoms with E-state index in [2.05, 4.69) is 54.2 Å². The second kappa shape index (κ2) is 8.89. The van der Waals surface area contributed by atoms with Crippen LogP contribution in [0.3, 0.4) is 0 Å². The van der Waals surface area contributed by atoms with Crippen LogP contribution < -0.4 is 5.32 Å². The number of halogens is 1. The quantitative estimate of drug-likeness (QED) is 0.702. The SMILES string of the molecule is CC(C)OCCOC(CNC(C)(C)C)c1ccc(Br)cc1. The molecule has 0 bridgehead atoms. The second-order valence-electron chi connectivity index (χ2n) is 6.46. The third-order valence-corrected chi connectivity index (χ3v) is 3.44. The summed E-state index contributed by atoms with van der Waals surface area (Å²) >= 11 is 3.47. The number of ether oxygens (including phenoxy) is 2. The highest BCUT2D eigenvalue weighted by Crippen LogP contribution is 2.20. The predicted octanol–water partition coefficient (Wildman–Crippen LogP) is 4.32. The molecule has 0 saturated carbocycles. The molecule has 1 unspecified atom stereocenters. The van der Waals surface area contributed by atoms with E-state index in [9.17, 15) is 0 Å². The first-order valence-corrected chi connectivity index (χ1v) is 8.31. The van der Waals surface area contributed by atoms with Gasteiger partial charge in [0.2, 0.25) is 0 Å². The fourth-order valence-corrected chi connectivity index (χ4v) is 2.09. The third-order valence-electron chi connectivity index (χ3n) is 2.91. The maximum absolute atomic E-state index is 6.01. The largest absolute Gasteiger partial charge is 0.376 e. The molecule has 0 radical (unpaired) electrons. The first-order chi connectivity index (χ1) is 9.78. The van der Waals surface area contributed by atoms with Crippen LogP contribution in [0, 0.1) is 0 Å². The van der Waals surface area contributed by atoms with Crippen molar-refractivity contribution in [3.63, 3.8) is 0 Å². The minimum absolute atomic E-state index is 0.0353. The summed E-state index contributed by atoms with van der Waals surface area (Å²) in [7, 11) is 0. The van der Waals surface area contributed by atoms with Gasteiger partial charge in [-0.05, 0) is 52.3 Å². The van der Waals surface area contributed by atoms with Crippen LogP contribution in [-0.4, -0.2) is 31.4 Å². The summed E-state index contributed by atoms with van der Waals surface area (Å²) in [5, 5.41) is 3.51. The van der Waals surface area contributed by atoms with Crippen LogP contribution in [0.4, 0.5) is 0 Å². The summed E-state index contributed by atoms with van der Waals surface area (Å²) in [4.78, 5) is 0. The Morgan fingerprint density at radius 3 is 2.14 bits per heavy atom. The van der Waals surface area contributed by atoms with Gasteiger partial charge in [0.1, 0.15) is 0 Å². The smallest absolute Gasteiger partial charge is 0.0950 e. The molecule has 1 N–H and O–H groups in total. The summed E-state index contributed by atoms with van der Waals surface area (Å²) < 4.78 is 12.6. The minimum Gasteiger partial charge on any atom is -0.376 e. The number of hydrogen-bond acceptors (Lipinski definition) is 3. The lowest BCUT2D eigenvalue weighted by atomic mass is 10.1. The summed E-state index contributed by atoms with van der Waals surface area (Å²) in [5.41, 5.74) is 1.25. The number of nitrogens with one attached hydrogen (secondary N) is 1. The van der Waals surface area contributed by atoms with Crippen molar-refractivity contribution in [2.75, 3.05) is 19.8 Å². The van der Waals surface area contributed by atoms with Gasteiger partial charge < -0.3 is 14.8 Å². The van der Waals surface area contributed by atoms with Crippen molar-refractivity contribution in [3.05, 3.63) is 34.3 Å². The number of benzene rings is 1. The zero-order valence-corrected chi connectivity index (χ0v) is 15.4. The summed E-state index contributed by atoms with van der Waals surface area (Å²) in [5.74, 6) is 0. The van der Waals surface area contributed by atoms with Gasteiger partial charge in [-0.3, -0.25) is 0 Å². The van der Waals surface area contributed by atoms with E-state index in [0.717, 1.165) is 11.0 Å². The Bertz CT molecular complexity index is 398. The lowest BCUT2D eigenvalue weighted by molar-refractivity contribution is -0.0146. The maximum Gasteiger partial charge on any atom is 0.0950 e. The molecule has 0 aliphatic rings. The van der Waals surface area contributed by atoms with Crippen LogP contribution in [0.25, 0.3) is 0 Å². The van der Waals surface area contributed by atoms with E-state index in [1.165, 1.54) is 5.56 Å². The van der Waals surface area contributed by atoms with Crippen molar-refractivity contribution in [3.8, 4) is 0 Å². The Labute approximate surface area is 137 Å². The molecule has 0 aliphatic carbocycles. The Morgan fingerprint density at radius 1 is 1.05 bits per heavy atom. The van der Waals surface area contributed by atoms with Crippen LogP contribution in [0.1, 0.15) is 46.3 Å². The molecule has 0 aliphatic heterocycles. The first kappa shape index (κ1) is 18.6. The average Bonchev–Trinajstić information content (AvgIpc) is 2.38. The van der Waals surface area contributed by atoms with Crippen molar-refractivity contribution in [1.82, 2.24) is 5.32 Å². The molecule has 3 nitrogen and oxygen atoms in total. The first-order valence-electron chi connectivity index (χ1n) is 7.51. The Hall–Kier alpha value is -0.420. The van der Waals surface area contributed by atoms with Crippen LogP contribution in [0.15, 0.2) is 28.7 Å². The van der Waals surface area contributed by atoms with Gasteiger partial charge in [-0.2, -0.15) is 0 Å². The van der Waals surface area contributed by atoms with E-state index in [4.69, 9.17) is 9.47 Å². The molecular weight excluding hydrogens is 330 g/mol. The molecule has 4 heteroatoms. The summed E-state index contributed by atoms with van der Waals surface area (Å²) in [6.07, 6.45) is 0.278. The Kier molecular flexibility index (Phi) is 7.88. The molecule has 0 saturated heterocycles. The normalized spacial score (nSPS) is 13.7. The molecule has 1 atom stereocenters. The number of hydrogen-bond donors (Lipinski definition) is 1. The monoisotopic (exact) mass is 357 g/mol. The predicted molar refractivity (Wildman–Crippen MR) is 91.7 cm³/mol. The minimum atomic E-state index is 0.0353. The van der Waals surface area contributed by atoms with Crippen LogP contribution in [0.2, 0.25) is 0 Å². The lowest BCUT2D eigenvalue weighted by Crippen LogP contribution is -2.39. The van der Waals surface area contributed by atoms with Crippen molar-refractivity contribution in [2.24, 2.45) is 0 Å². The maximum atomic E-state index is 6.01.